The lowest BCUT2D eigenvalue weighted by Gasteiger charge is -2.33. The minimum atomic E-state index is -0.465. The van der Waals surface area contributed by atoms with E-state index in [-0.39, 0.29) is 18.3 Å². The maximum absolute atomic E-state index is 12.3. The van der Waals surface area contributed by atoms with Gasteiger partial charge in [-0.25, -0.2) is 0 Å². The summed E-state index contributed by atoms with van der Waals surface area (Å²) in [5.74, 6) is 0.0125. The zero-order valence-electron chi connectivity index (χ0n) is 12.0. The second-order valence-corrected chi connectivity index (χ2v) is 5.15. The van der Waals surface area contributed by atoms with E-state index in [0.717, 1.165) is 31.5 Å². The van der Waals surface area contributed by atoms with E-state index >= 15 is 0 Å². The van der Waals surface area contributed by atoms with Gasteiger partial charge in [0.2, 0.25) is 5.91 Å². The molecule has 1 fully saturated rings. The number of carbonyl (C=O) groups excluding carboxylic acids is 1. The average Bonchev–Trinajstić information content (AvgIpc) is 2.85. The lowest BCUT2D eigenvalue weighted by molar-refractivity contribution is -0.122. The van der Waals surface area contributed by atoms with Crippen LogP contribution in [0.15, 0.2) is 12.4 Å². The molecule has 1 saturated heterocycles. The first-order chi connectivity index (χ1) is 9.14. The molecular formula is C13H23ClN4O2. The highest BCUT2D eigenvalue weighted by Crippen LogP contribution is 2.20. The second kappa shape index (κ2) is 7.61. The molecule has 20 heavy (non-hydrogen) atoms. The number of carbonyl (C=O) groups is 1. The molecule has 1 aliphatic heterocycles. The summed E-state index contributed by atoms with van der Waals surface area (Å²) in [5, 5.41) is 10.4. The van der Waals surface area contributed by atoms with Gasteiger partial charge in [0.05, 0.1) is 30.6 Å². The van der Waals surface area contributed by atoms with Crippen LogP contribution in [0.4, 0.5) is 5.69 Å². The number of ether oxygens (including phenoxy) is 1. The molecule has 1 amide bonds. The van der Waals surface area contributed by atoms with E-state index in [2.05, 4.69) is 15.7 Å². The van der Waals surface area contributed by atoms with Crippen LogP contribution in [-0.2, 0) is 16.1 Å². The Kier molecular flexibility index (Phi) is 6.45. The number of rotatable bonds is 5. The lowest BCUT2D eigenvalue weighted by Crippen LogP contribution is -2.54. The minimum Gasteiger partial charge on any atom is -0.383 e. The third kappa shape index (κ3) is 4.19. The van der Waals surface area contributed by atoms with Gasteiger partial charge < -0.3 is 15.4 Å². The molecule has 1 aromatic rings. The monoisotopic (exact) mass is 302 g/mol. The Morgan fingerprint density at radius 2 is 2.40 bits per heavy atom. The highest BCUT2D eigenvalue weighted by atomic mass is 35.5. The molecule has 2 heterocycles. The Balaban J connectivity index is 0.00000200. The Bertz CT molecular complexity index is 430. The summed E-state index contributed by atoms with van der Waals surface area (Å²) < 4.78 is 6.75. The van der Waals surface area contributed by atoms with Crippen molar-refractivity contribution in [3.63, 3.8) is 0 Å². The summed E-state index contributed by atoms with van der Waals surface area (Å²) in [4.78, 5) is 12.3. The maximum Gasteiger partial charge on any atom is 0.244 e. The van der Waals surface area contributed by atoms with Crippen molar-refractivity contribution < 1.29 is 9.53 Å². The molecule has 1 aliphatic rings. The van der Waals surface area contributed by atoms with Gasteiger partial charge in [-0.3, -0.25) is 9.48 Å². The molecule has 0 aliphatic carbocycles. The summed E-state index contributed by atoms with van der Waals surface area (Å²) in [5.41, 5.74) is 0.266. The highest BCUT2D eigenvalue weighted by Gasteiger charge is 2.34. The number of nitrogens with zero attached hydrogens (tertiary/aromatic N) is 2. The van der Waals surface area contributed by atoms with Gasteiger partial charge in [0, 0.05) is 13.3 Å². The largest absolute Gasteiger partial charge is 0.383 e. The fourth-order valence-electron chi connectivity index (χ4n) is 2.25. The van der Waals surface area contributed by atoms with Gasteiger partial charge in [0.15, 0.2) is 0 Å². The Labute approximate surface area is 125 Å². The number of amides is 1. The van der Waals surface area contributed by atoms with Crippen LogP contribution in [0.2, 0.25) is 0 Å². The molecular weight excluding hydrogens is 280 g/mol. The topological polar surface area (TPSA) is 68.2 Å². The minimum absolute atomic E-state index is 0. The Morgan fingerprint density at radius 1 is 1.60 bits per heavy atom. The molecule has 1 atom stereocenters. The molecule has 0 aromatic carbocycles. The number of piperidine rings is 1. The van der Waals surface area contributed by atoms with Crippen LogP contribution in [0.5, 0.6) is 0 Å². The molecule has 2 rings (SSSR count). The molecule has 7 heteroatoms. The third-order valence-corrected chi connectivity index (χ3v) is 3.54. The number of nitrogens with one attached hydrogen (secondary N) is 2. The van der Waals surface area contributed by atoms with Crippen molar-refractivity contribution in [2.45, 2.75) is 38.3 Å². The predicted molar refractivity (Wildman–Crippen MR) is 80.2 cm³/mol. The van der Waals surface area contributed by atoms with Crippen LogP contribution in [0.3, 0.4) is 0 Å². The number of anilines is 1. The second-order valence-electron chi connectivity index (χ2n) is 5.15. The van der Waals surface area contributed by atoms with Crippen molar-refractivity contribution in [3.05, 3.63) is 12.4 Å². The fraction of sp³-hybridized carbons (Fsp3) is 0.692. The first-order valence-electron chi connectivity index (χ1n) is 6.72. The molecule has 0 bridgehead atoms. The third-order valence-electron chi connectivity index (χ3n) is 3.54. The van der Waals surface area contributed by atoms with E-state index in [1.54, 1.807) is 18.0 Å². The van der Waals surface area contributed by atoms with E-state index in [1.165, 1.54) is 0 Å². The van der Waals surface area contributed by atoms with Gasteiger partial charge in [-0.15, -0.1) is 12.4 Å². The zero-order valence-corrected chi connectivity index (χ0v) is 12.8. The maximum atomic E-state index is 12.3. The van der Waals surface area contributed by atoms with Crippen molar-refractivity contribution in [1.29, 1.82) is 0 Å². The molecule has 1 aromatic heterocycles. The predicted octanol–water partition coefficient (Wildman–Crippen LogP) is 1.42. The van der Waals surface area contributed by atoms with Crippen LogP contribution in [-0.4, -0.2) is 41.5 Å². The number of methoxy groups -OCH3 is 1. The first-order valence-corrected chi connectivity index (χ1v) is 6.72. The van der Waals surface area contributed by atoms with Gasteiger partial charge in [0.25, 0.3) is 0 Å². The quantitative estimate of drug-likeness (QED) is 0.863. The van der Waals surface area contributed by atoms with E-state index in [9.17, 15) is 4.79 Å². The van der Waals surface area contributed by atoms with Gasteiger partial charge >= 0.3 is 0 Å². The van der Waals surface area contributed by atoms with Gasteiger partial charge in [0.1, 0.15) is 0 Å². The highest BCUT2D eigenvalue weighted by molar-refractivity contribution is 5.97. The smallest absolute Gasteiger partial charge is 0.244 e. The summed E-state index contributed by atoms with van der Waals surface area (Å²) in [6.07, 6.45) is 6.58. The number of aromatic nitrogens is 2. The molecule has 0 radical (unpaired) electrons. The molecule has 6 nitrogen and oxygen atoms in total. The van der Waals surface area contributed by atoms with E-state index in [4.69, 9.17) is 4.74 Å². The Hall–Kier alpha value is -1.11. The van der Waals surface area contributed by atoms with Crippen molar-refractivity contribution in [3.8, 4) is 0 Å². The van der Waals surface area contributed by atoms with Gasteiger partial charge in [-0.05, 0) is 32.7 Å². The van der Waals surface area contributed by atoms with Crippen LogP contribution >= 0.6 is 12.4 Å². The van der Waals surface area contributed by atoms with E-state index in [0.29, 0.717) is 13.2 Å². The molecule has 1 unspecified atom stereocenters. The molecule has 0 spiro atoms. The first kappa shape index (κ1) is 16.9. The van der Waals surface area contributed by atoms with Crippen LogP contribution in [0, 0.1) is 0 Å². The van der Waals surface area contributed by atoms with Crippen LogP contribution in [0.25, 0.3) is 0 Å². The Morgan fingerprint density at radius 3 is 3.05 bits per heavy atom. The normalized spacial score (nSPS) is 22.1. The molecule has 114 valence electrons. The van der Waals surface area contributed by atoms with Gasteiger partial charge in [-0.1, -0.05) is 0 Å². The van der Waals surface area contributed by atoms with Crippen molar-refractivity contribution >= 4 is 24.0 Å². The van der Waals surface area contributed by atoms with E-state index in [1.807, 2.05) is 13.1 Å². The molecule has 0 saturated carbocycles. The summed E-state index contributed by atoms with van der Waals surface area (Å²) in [6.45, 7) is 4.14. The fourth-order valence-corrected chi connectivity index (χ4v) is 2.25. The lowest BCUT2D eigenvalue weighted by atomic mass is 9.90. The molecule has 2 N–H and O–H groups in total. The zero-order chi connectivity index (χ0) is 13.7. The van der Waals surface area contributed by atoms with Crippen LogP contribution < -0.4 is 10.6 Å². The van der Waals surface area contributed by atoms with Gasteiger partial charge in [-0.2, -0.15) is 5.10 Å². The number of hydrogen-bond donors (Lipinski definition) is 2. The summed E-state index contributed by atoms with van der Waals surface area (Å²) in [6, 6.07) is 0. The average molecular weight is 303 g/mol. The summed E-state index contributed by atoms with van der Waals surface area (Å²) >= 11 is 0. The standard InChI is InChI=1S/C13H22N4O2.ClH/c1-13(5-3-4-6-14-13)12(18)16-11-9-15-17(10-11)7-8-19-2;/h9-10,14H,3-8H2,1-2H3,(H,16,18);1H. The van der Waals surface area contributed by atoms with Crippen molar-refractivity contribution in [2.24, 2.45) is 0 Å². The van der Waals surface area contributed by atoms with Crippen molar-refractivity contribution in [2.75, 3.05) is 25.6 Å². The van der Waals surface area contributed by atoms with Crippen LogP contribution in [0.1, 0.15) is 26.2 Å². The summed E-state index contributed by atoms with van der Waals surface area (Å²) in [7, 11) is 1.65. The SMILES string of the molecule is COCCn1cc(NC(=O)C2(C)CCCCN2)cn1.Cl. The number of hydrogen-bond acceptors (Lipinski definition) is 4. The van der Waals surface area contributed by atoms with Crippen molar-refractivity contribution in [1.82, 2.24) is 15.1 Å². The van der Waals surface area contributed by atoms with E-state index < -0.39 is 5.54 Å². The number of halogens is 1.